The molecule has 0 radical (unpaired) electrons. The van der Waals surface area contributed by atoms with Gasteiger partial charge in [-0.25, -0.2) is 9.18 Å². The number of hydrogen-bond donors (Lipinski definition) is 1. The van der Waals surface area contributed by atoms with Gasteiger partial charge in [0.15, 0.2) is 6.61 Å². The fraction of sp³-hybridized carbons (Fsp3) is 0.429. The quantitative estimate of drug-likeness (QED) is 0.825. The van der Waals surface area contributed by atoms with Crippen molar-refractivity contribution >= 4 is 27.9 Å². The van der Waals surface area contributed by atoms with E-state index in [0.717, 1.165) is 0 Å². The molecule has 6 nitrogen and oxygen atoms in total. The van der Waals surface area contributed by atoms with Crippen LogP contribution in [0.2, 0.25) is 0 Å². The molecule has 1 N–H and O–H groups in total. The summed E-state index contributed by atoms with van der Waals surface area (Å²) in [5.74, 6) is -0.335. The number of rotatable bonds is 6. The van der Waals surface area contributed by atoms with Crippen LogP contribution < -0.4 is 10.1 Å². The largest absolute Gasteiger partial charge is 0.483 e. The van der Waals surface area contributed by atoms with Crippen molar-refractivity contribution in [1.29, 1.82) is 0 Å². The molecule has 1 atom stereocenters. The molecule has 2 rings (SSSR count). The number of halogens is 2. The number of hydrogen-bond acceptors (Lipinski definition) is 4. The molecule has 0 unspecified atom stereocenters. The van der Waals surface area contributed by atoms with Crippen LogP contribution in [0.25, 0.3) is 0 Å². The molecule has 1 saturated heterocycles. The van der Waals surface area contributed by atoms with E-state index in [1.807, 2.05) is 0 Å². The summed E-state index contributed by atoms with van der Waals surface area (Å²) < 4.78 is 23.5. The van der Waals surface area contributed by atoms with Gasteiger partial charge in [0.1, 0.15) is 18.2 Å². The first kappa shape index (κ1) is 16.5. The van der Waals surface area contributed by atoms with Crippen LogP contribution in [0.15, 0.2) is 22.7 Å². The van der Waals surface area contributed by atoms with Crippen LogP contribution in [0.1, 0.15) is 6.92 Å². The molecule has 22 heavy (non-hydrogen) atoms. The lowest BCUT2D eigenvalue weighted by atomic mass is 10.3. The number of nitrogens with one attached hydrogen (secondary N) is 1. The Balaban J connectivity index is 1.76. The third-order valence-corrected chi connectivity index (χ3v) is 3.62. The Hall–Kier alpha value is -1.83. The molecule has 120 valence electrons. The van der Waals surface area contributed by atoms with Crippen molar-refractivity contribution < 1.29 is 23.5 Å². The van der Waals surface area contributed by atoms with Crippen molar-refractivity contribution in [2.75, 3.05) is 26.3 Å². The lowest BCUT2D eigenvalue weighted by molar-refractivity contribution is -0.123. The summed E-state index contributed by atoms with van der Waals surface area (Å²) in [6, 6.07) is 3.73. The Morgan fingerprint density at radius 3 is 3.00 bits per heavy atom. The first-order chi connectivity index (χ1) is 10.5. The number of benzene rings is 1. The summed E-state index contributed by atoms with van der Waals surface area (Å²) >= 11 is 3.16. The molecular weight excluding hydrogens is 359 g/mol. The second-order valence-corrected chi connectivity index (χ2v) is 5.75. The van der Waals surface area contributed by atoms with Gasteiger partial charge in [0.05, 0.1) is 11.0 Å². The molecular formula is C14H16BrFN2O4. The number of carbonyl (C=O) groups is 2. The number of carbonyl (C=O) groups excluding carboxylic acids is 2. The maximum atomic E-state index is 12.9. The molecule has 0 aromatic heterocycles. The molecule has 1 heterocycles. The summed E-state index contributed by atoms with van der Waals surface area (Å²) in [6.07, 6.45) is -0.368. The van der Waals surface area contributed by atoms with Crippen LogP contribution >= 0.6 is 15.9 Å². The molecule has 1 aromatic rings. The van der Waals surface area contributed by atoms with Gasteiger partial charge in [0.25, 0.3) is 5.91 Å². The van der Waals surface area contributed by atoms with Crippen LogP contribution in [0.3, 0.4) is 0 Å². The maximum absolute atomic E-state index is 12.9. The molecule has 1 aliphatic heterocycles. The number of cyclic esters (lactones) is 1. The molecule has 1 fully saturated rings. The van der Waals surface area contributed by atoms with Gasteiger partial charge in [-0.15, -0.1) is 0 Å². The van der Waals surface area contributed by atoms with Gasteiger partial charge in [-0.3, -0.25) is 4.79 Å². The third kappa shape index (κ3) is 4.59. The van der Waals surface area contributed by atoms with E-state index in [0.29, 0.717) is 29.9 Å². The second-order valence-electron chi connectivity index (χ2n) is 4.89. The van der Waals surface area contributed by atoms with E-state index in [9.17, 15) is 14.0 Å². The van der Waals surface area contributed by atoms with Gasteiger partial charge < -0.3 is 19.7 Å². The highest BCUT2D eigenvalue weighted by Crippen LogP contribution is 2.25. The Kier molecular flexibility index (Phi) is 5.59. The minimum absolute atomic E-state index is 0.195. The summed E-state index contributed by atoms with van der Waals surface area (Å²) in [5.41, 5.74) is 0. The molecule has 0 bridgehead atoms. The van der Waals surface area contributed by atoms with E-state index >= 15 is 0 Å². The van der Waals surface area contributed by atoms with E-state index in [2.05, 4.69) is 21.2 Å². The Morgan fingerprint density at radius 2 is 2.36 bits per heavy atom. The van der Waals surface area contributed by atoms with E-state index < -0.39 is 5.82 Å². The number of amides is 2. The van der Waals surface area contributed by atoms with Gasteiger partial charge >= 0.3 is 6.09 Å². The van der Waals surface area contributed by atoms with E-state index in [-0.39, 0.29) is 24.6 Å². The van der Waals surface area contributed by atoms with Crippen LogP contribution in [0.5, 0.6) is 5.75 Å². The van der Waals surface area contributed by atoms with Crippen LogP contribution in [0.4, 0.5) is 9.18 Å². The zero-order valence-electron chi connectivity index (χ0n) is 12.0. The van der Waals surface area contributed by atoms with Crippen LogP contribution in [0, 0.1) is 5.82 Å². The molecule has 0 spiro atoms. The highest BCUT2D eigenvalue weighted by molar-refractivity contribution is 9.10. The summed E-state index contributed by atoms with van der Waals surface area (Å²) in [7, 11) is 0. The minimum atomic E-state index is -0.394. The zero-order chi connectivity index (χ0) is 16.1. The van der Waals surface area contributed by atoms with E-state index in [1.165, 1.54) is 23.1 Å². The number of ether oxygens (including phenoxy) is 2. The second kappa shape index (κ2) is 7.44. The highest BCUT2D eigenvalue weighted by Gasteiger charge is 2.24. The summed E-state index contributed by atoms with van der Waals surface area (Å²) in [4.78, 5) is 24.6. The highest BCUT2D eigenvalue weighted by atomic mass is 79.9. The van der Waals surface area contributed by atoms with Gasteiger partial charge in [-0.05, 0) is 41.1 Å². The Labute approximate surface area is 135 Å². The fourth-order valence-electron chi connectivity index (χ4n) is 2.02. The van der Waals surface area contributed by atoms with Crippen molar-refractivity contribution in [2.45, 2.75) is 13.0 Å². The smallest absolute Gasteiger partial charge is 0.410 e. The molecule has 8 heteroatoms. The summed E-state index contributed by atoms with van der Waals surface area (Å²) in [5, 5.41) is 2.73. The normalized spacial score (nSPS) is 15.4. The van der Waals surface area contributed by atoms with Crippen molar-refractivity contribution in [3.8, 4) is 5.75 Å². The van der Waals surface area contributed by atoms with Crippen molar-refractivity contribution in [3.05, 3.63) is 28.5 Å². The Morgan fingerprint density at radius 1 is 1.59 bits per heavy atom. The molecule has 0 saturated carbocycles. The third-order valence-electron chi connectivity index (χ3n) is 3.00. The van der Waals surface area contributed by atoms with E-state index in [1.54, 1.807) is 6.92 Å². The molecule has 2 amide bonds. The van der Waals surface area contributed by atoms with Crippen LogP contribution in [-0.2, 0) is 9.53 Å². The molecule has 1 aromatic carbocycles. The van der Waals surface area contributed by atoms with Crippen molar-refractivity contribution in [1.82, 2.24) is 10.2 Å². The monoisotopic (exact) mass is 374 g/mol. The van der Waals surface area contributed by atoms with Crippen molar-refractivity contribution in [2.24, 2.45) is 0 Å². The lowest BCUT2D eigenvalue weighted by Gasteiger charge is -2.19. The van der Waals surface area contributed by atoms with Gasteiger partial charge in [0.2, 0.25) is 0 Å². The minimum Gasteiger partial charge on any atom is -0.483 e. The average molecular weight is 375 g/mol. The van der Waals surface area contributed by atoms with Crippen molar-refractivity contribution in [3.63, 3.8) is 0 Å². The predicted molar refractivity (Wildman–Crippen MR) is 80.1 cm³/mol. The van der Waals surface area contributed by atoms with E-state index in [4.69, 9.17) is 9.47 Å². The maximum Gasteiger partial charge on any atom is 0.410 e. The SMILES string of the molecule is C[C@H](CN1CCOC1=O)NC(=O)COc1ccc(F)cc1Br. The number of nitrogens with zero attached hydrogens (tertiary/aromatic N) is 1. The lowest BCUT2D eigenvalue weighted by Crippen LogP contribution is -2.43. The molecule has 1 aliphatic rings. The van der Waals surface area contributed by atoms with Gasteiger partial charge in [0, 0.05) is 12.6 Å². The zero-order valence-corrected chi connectivity index (χ0v) is 13.6. The topological polar surface area (TPSA) is 67.9 Å². The predicted octanol–water partition coefficient (Wildman–Crippen LogP) is 1.92. The Bertz CT molecular complexity index is 570. The standard InChI is InChI=1S/C14H16BrFN2O4/c1-9(7-18-4-5-21-14(18)20)17-13(19)8-22-12-3-2-10(16)6-11(12)15/h2-3,6,9H,4-5,7-8H2,1H3,(H,17,19)/t9-/m1/s1. The summed E-state index contributed by atoms with van der Waals surface area (Å²) in [6.45, 7) is 2.88. The first-order valence-corrected chi connectivity index (χ1v) is 7.54. The first-order valence-electron chi connectivity index (χ1n) is 6.74. The average Bonchev–Trinajstić information content (AvgIpc) is 2.83. The fourth-order valence-corrected chi connectivity index (χ4v) is 2.49. The van der Waals surface area contributed by atoms with Crippen LogP contribution in [-0.4, -0.2) is 49.2 Å². The van der Waals surface area contributed by atoms with Gasteiger partial charge in [-0.2, -0.15) is 0 Å². The molecule has 0 aliphatic carbocycles. The van der Waals surface area contributed by atoms with Gasteiger partial charge in [-0.1, -0.05) is 0 Å².